The van der Waals surface area contributed by atoms with Crippen molar-refractivity contribution in [2.24, 2.45) is 5.92 Å². The fraction of sp³-hybridized carbons (Fsp3) is 0.500. The molecule has 0 aliphatic carbocycles. The molecule has 0 radical (unpaired) electrons. The third-order valence-corrected chi connectivity index (χ3v) is 4.83. The smallest absolute Gasteiger partial charge is 0.149 e. The fourth-order valence-corrected chi connectivity index (χ4v) is 3.41. The number of para-hydroxylation sites is 1. The van der Waals surface area contributed by atoms with Crippen LogP contribution in [0.4, 0.5) is 0 Å². The first-order valence-electron chi connectivity index (χ1n) is 6.62. The third kappa shape index (κ3) is 3.92. The van der Waals surface area contributed by atoms with Gasteiger partial charge in [0, 0.05) is 11.2 Å². The summed E-state index contributed by atoms with van der Waals surface area (Å²) in [5, 5.41) is 11.0. The summed E-state index contributed by atoms with van der Waals surface area (Å²) in [5.74, 6) is 7.96. The highest BCUT2D eigenvalue weighted by Crippen LogP contribution is 2.36. The van der Waals surface area contributed by atoms with E-state index in [1.807, 2.05) is 42.1 Å². The lowest BCUT2D eigenvalue weighted by Gasteiger charge is -2.36. The molecule has 0 amide bonds. The van der Waals surface area contributed by atoms with Crippen LogP contribution in [0.3, 0.4) is 0 Å². The molecule has 1 aromatic carbocycles. The number of benzene rings is 1. The van der Waals surface area contributed by atoms with E-state index >= 15 is 0 Å². The molecule has 19 heavy (non-hydrogen) atoms. The van der Waals surface area contributed by atoms with Crippen molar-refractivity contribution in [1.29, 1.82) is 0 Å². The minimum absolute atomic E-state index is 0.206. The molecule has 2 rings (SSSR count). The quantitative estimate of drug-likeness (QED) is 0.842. The zero-order chi connectivity index (χ0) is 13.7. The molecule has 0 spiro atoms. The van der Waals surface area contributed by atoms with Crippen molar-refractivity contribution in [3.63, 3.8) is 0 Å². The largest absolute Gasteiger partial charge is 0.481 e. The Balaban J connectivity index is 1.91. The van der Waals surface area contributed by atoms with Gasteiger partial charge >= 0.3 is 0 Å². The summed E-state index contributed by atoms with van der Waals surface area (Å²) in [6, 6.07) is 9.61. The molecule has 1 heterocycles. The van der Waals surface area contributed by atoms with E-state index in [4.69, 9.17) is 4.74 Å². The third-order valence-electron chi connectivity index (χ3n) is 3.40. The zero-order valence-corrected chi connectivity index (χ0v) is 12.2. The molecule has 3 atom stereocenters. The monoisotopic (exact) mass is 276 g/mol. The van der Waals surface area contributed by atoms with Gasteiger partial charge in [-0.05, 0) is 24.3 Å². The molecule has 3 heteroatoms. The Labute approximate surface area is 119 Å². The number of hydrogen-bond donors (Lipinski definition) is 1. The Morgan fingerprint density at radius 2 is 2.11 bits per heavy atom. The maximum atomic E-state index is 10.6. The van der Waals surface area contributed by atoms with E-state index in [1.165, 1.54) is 0 Å². The van der Waals surface area contributed by atoms with Gasteiger partial charge in [0.25, 0.3) is 0 Å². The molecule has 3 unspecified atom stereocenters. The van der Waals surface area contributed by atoms with Gasteiger partial charge in [-0.15, -0.1) is 0 Å². The molecule has 102 valence electrons. The van der Waals surface area contributed by atoms with Crippen LogP contribution in [0.2, 0.25) is 0 Å². The molecular weight excluding hydrogens is 256 g/mol. The van der Waals surface area contributed by atoms with Gasteiger partial charge in [0.05, 0.1) is 0 Å². The van der Waals surface area contributed by atoms with E-state index in [2.05, 4.69) is 25.7 Å². The molecule has 1 aliphatic rings. The molecule has 1 fully saturated rings. The van der Waals surface area contributed by atoms with Gasteiger partial charge in [-0.3, -0.25) is 0 Å². The standard InChI is InChI=1S/C16H20O2S/c1-13-12-19-14(2)11-16(13,17)9-6-10-18-15-7-4-3-5-8-15/h3-5,7-8,13-14,17H,10-12H2,1-2H3. The van der Waals surface area contributed by atoms with Crippen LogP contribution in [0.5, 0.6) is 5.75 Å². The van der Waals surface area contributed by atoms with Crippen molar-refractivity contribution in [1.82, 2.24) is 0 Å². The van der Waals surface area contributed by atoms with Crippen molar-refractivity contribution in [3.8, 4) is 17.6 Å². The van der Waals surface area contributed by atoms with Gasteiger partial charge in [-0.2, -0.15) is 11.8 Å². The average Bonchev–Trinajstić information content (AvgIpc) is 2.41. The van der Waals surface area contributed by atoms with Gasteiger partial charge in [0.1, 0.15) is 18.0 Å². The van der Waals surface area contributed by atoms with Gasteiger partial charge in [0.2, 0.25) is 0 Å². The number of thioether (sulfide) groups is 1. The summed E-state index contributed by atoms with van der Waals surface area (Å²) in [6.07, 6.45) is 0.733. The van der Waals surface area contributed by atoms with Crippen LogP contribution < -0.4 is 4.74 Å². The van der Waals surface area contributed by atoms with Gasteiger partial charge < -0.3 is 9.84 Å². The van der Waals surface area contributed by atoms with Crippen molar-refractivity contribution < 1.29 is 9.84 Å². The first kappa shape index (κ1) is 14.3. The Morgan fingerprint density at radius 1 is 1.37 bits per heavy atom. The summed E-state index contributed by atoms with van der Waals surface area (Å²) in [5.41, 5.74) is -0.856. The maximum absolute atomic E-state index is 10.6. The number of ether oxygens (including phenoxy) is 1. The first-order valence-corrected chi connectivity index (χ1v) is 7.67. The lowest BCUT2D eigenvalue weighted by molar-refractivity contribution is 0.0429. The van der Waals surface area contributed by atoms with E-state index in [-0.39, 0.29) is 5.92 Å². The van der Waals surface area contributed by atoms with Crippen LogP contribution in [0.15, 0.2) is 30.3 Å². The Morgan fingerprint density at radius 3 is 2.84 bits per heavy atom. The van der Waals surface area contributed by atoms with Crippen molar-refractivity contribution in [2.75, 3.05) is 12.4 Å². The topological polar surface area (TPSA) is 29.5 Å². The molecule has 0 saturated carbocycles. The SMILES string of the molecule is CC1CC(O)(C#CCOc2ccccc2)C(C)CS1. The lowest BCUT2D eigenvalue weighted by Crippen LogP contribution is -2.42. The first-order chi connectivity index (χ1) is 9.10. The Hall–Kier alpha value is -1.11. The van der Waals surface area contributed by atoms with Crippen LogP contribution in [0.1, 0.15) is 20.3 Å². The van der Waals surface area contributed by atoms with Crippen LogP contribution in [-0.4, -0.2) is 28.3 Å². The molecular formula is C16H20O2S. The lowest BCUT2D eigenvalue weighted by atomic mass is 9.86. The Kier molecular flexibility index (Phi) is 4.79. The highest BCUT2D eigenvalue weighted by Gasteiger charge is 2.37. The zero-order valence-electron chi connectivity index (χ0n) is 11.4. The van der Waals surface area contributed by atoms with E-state index in [0.29, 0.717) is 11.9 Å². The van der Waals surface area contributed by atoms with E-state index < -0.39 is 5.60 Å². The summed E-state index contributed by atoms with van der Waals surface area (Å²) < 4.78 is 5.51. The second kappa shape index (κ2) is 6.36. The molecule has 1 N–H and O–H groups in total. The maximum Gasteiger partial charge on any atom is 0.149 e. The van der Waals surface area contributed by atoms with Gasteiger partial charge in [0.15, 0.2) is 0 Å². The predicted molar refractivity (Wildman–Crippen MR) is 80.4 cm³/mol. The fourth-order valence-electron chi connectivity index (χ4n) is 2.14. The van der Waals surface area contributed by atoms with Gasteiger partial charge in [-0.25, -0.2) is 0 Å². The van der Waals surface area contributed by atoms with E-state index in [1.54, 1.807) is 0 Å². The molecule has 1 saturated heterocycles. The van der Waals surface area contributed by atoms with Crippen LogP contribution >= 0.6 is 11.8 Å². The van der Waals surface area contributed by atoms with Crippen molar-refractivity contribution in [2.45, 2.75) is 31.1 Å². The number of aliphatic hydroxyl groups is 1. The number of hydrogen-bond acceptors (Lipinski definition) is 3. The van der Waals surface area contributed by atoms with E-state index in [9.17, 15) is 5.11 Å². The second-order valence-corrected chi connectivity index (χ2v) is 6.55. The van der Waals surface area contributed by atoms with E-state index in [0.717, 1.165) is 17.9 Å². The van der Waals surface area contributed by atoms with Gasteiger partial charge in [-0.1, -0.05) is 43.9 Å². The molecule has 1 aromatic rings. The highest BCUT2D eigenvalue weighted by atomic mass is 32.2. The second-order valence-electron chi connectivity index (χ2n) is 5.08. The Bertz CT molecular complexity index is 463. The summed E-state index contributed by atoms with van der Waals surface area (Å²) >= 11 is 1.91. The minimum atomic E-state index is -0.856. The van der Waals surface area contributed by atoms with Crippen molar-refractivity contribution >= 4 is 11.8 Å². The number of rotatable bonds is 2. The predicted octanol–water partition coefficient (Wildman–Crippen LogP) is 2.96. The van der Waals surface area contributed by atoms with Crippen LogP contribution in [-0.2, 0) is 0 Å². The van der Waals surface area contributed by atoms with Crippen LogP contribution in [0, 0.1) is 17.8 Å². The van der Waals surface area contributed by atoms with Crippen molar-refractivity contribution in [3.05, 3.63) is 30.3 Å². The average molecular weight is 276 g/mol. The molecule has 0 aromatic heterocycles. The molecule has 2 nitrogen and oxygen atoms in total. The highest BCUT2D eigenvalue weighted by molar-refractivity contribution is 7.99. The molecule has 1 aliphatic heterocycles. The normalized spacial score (nSPS) is 30.3. The summed E-state index contributed by atoms with van der Waals surface area (Å²) in [4.78, 5) is 0. The summed E-state index contributed by atoms with van der Waals surface area (Å²) in [7, 11) is 0. The minimum Gasteiger partial charge on any atom is -0.481 e. The molecule has 0 bridgehead atoms. The summed E-state index contributed by atoms with van der Waals surface area (Å²) in [6.45, 7) is 4.52. The van der Waals surface area contributed by atoms with Crippen LogP contribution in [0.25, 0.3) is 0 Å².